The Kier molecular flexibility index (Phi) is 4.27. The molecular weight excluding hydrogens is 262 g/mol. The quantitative estimate of drug-likeness (QED) is 0.806. The number of sulfonamides is 1. The van der Waals surface area contributed by atoms with E-state index in [1.807, 2.05) is 0 Å². The minimum Gasteiger partial charge on any atom is -0.465 e. The van der Waals surface area contributed by atoms with E-state index in [1.165, 1.54) is 31.4 Å². The van der Waals surface area contributed by atoms with Gasteiger partial charge >= 0.3 is 12.1 Å². The van der Waals surface area contributed by atoms with Crippen LogP contribution in [-0.2, 0) is 19.5 Å². The Hall–Kier alpha value is -2.09. The molecule has 1 aromatic carbocycles. The average molecular weight is 273 g/mol. The van der Waals surface area contributed by atoms with E-state index < -0.39 is 22.1 Å². The number of ether oxygens (including phenoxy) is 2. The number of carbonyl (C=O) groups excluding carboxylic acids is 2. The van der Waals surface area contributed by atoms with E-state index in [1.54, 1.807) is 4.72 Å². The van der Waals surface area contributed by atoms with E-state index in [0.29, 0.717) is 0 Å². The summed E-state index contributed by atoms with van der Waals surface area (Å²) in [7, 11) is -1.74. The first-order valence-corrected chi connectivity index (χ1v) is 6.18. The van der Waals surface area contributed by atoms with Crippen molar-refractivity contribution in [2.24, 2.45) is 0 Å². The second-order valence-corrected chi connectivity index (χ2v) is 4.80. The van der Waals surface area contributed by atoms with Crippen LogP contribution in [0.3, 0.4) is 0 Å². The van der Waals surface area contributed by atoms with Crippen molar-refractivity contribution in [3.63, 3.8) is 0 Å². The van der Waals surface area contributed by atoms with Gasteiger partial charge in [0.15, 0.2) is 0 Å². The summed E-state index contributed by atoms with van der Waals surface area (Å²) in [5.41, 5.74) is 0.203. The maximum Gasteiger partial charge on any atom is 0.420 e. The maximum absolute atomic E-state index is 11.6. The molecule has 0 saturated heterocycles. The number of carbonyl (C=O) groups is 2. The highest BCUT2D eigenvalue weighted by molar-refractivity contribution is 7.90. The standard InChI is InChI=1S/C10H11NO6S/c1-16-9(12)7-3-5-8(6-4-7)18(14,15)11-10(13)17-2/h3-6H,1-2H3,(H,11,13). The zero-order valence-corrected chi connectivity index (χ0v) is 10.5. The maximum atomic E-state index is 11.6. The summed E-state index contributed by atoms with van der Waals surface area (Å²) >= 11 is 0. The molecule has 98 valence electrons. The van der Waals surface area contributed by atoms with Gasteiger partial charge in [0.25, 0.3) is 10.0 Å². The average Bonchev–Trinajstić information content (AvgIpc) is 2.37. The third-order valence-electron chi connectivity index (χ3n) is 1.99. The summed E-state index contributed by atoms with van der Waals surface area (Å²) in [6.45, 7) is 0. The minimum absolute atomic E-state index is 0.166. The number of methoxy groups -OCH3 is 2. The van der Waals surface area contributed by atoms with Crippen molar-refractivity contribution in [1.29, 1.82) is 0 Å². The third kappa shape index (κ3) is 3.20. The molecule has 0 saturated carbocycles. The number of hydrogen-bond acceptors (Lipinski definition) is 6. The third-order valence-corrected chi connectivity index (χ3v) is 3.32. The zero-order valence-electron chi connectivity index (χ0n) is 9.67. The van der Waals surface area contributed by atoms with Crippen LogP contribution < -0.4 is 4.72 Å². The lowest BCUT2D eigenvalue weighted by molar-refractivity contribution is 0.0600. The van der Waals surface area contributed by atoms with Crippen LogP contribution in [0.2, 0.25) is 0 Å². The van der Waals surface area contributed by atoms with Crippen LogP contribution in [0.1, 0.15) is 10.4 Å². The van der Waals surface area contributed by atoms with E-state index in [0.717, 1.165) is 7.11 Å². The van der Waals surface area contributed by atoms with E-state index in [9.17, 15) is 18.0 Å². The number of amides is 1. The van der Waals surface area contributed by atoms with Gasteiger partial charge in [0, 0.05) is 0 Å². The van der Waals surface area contributed by atoms with Crippen molar-refractivity contribution in [2.75, 3.05) is 14.2 Å². The largest absolute Gasteiger partial charge is 0.465 e. The fourth-order valence-electron chi connectivity index (χ4n) is 1.10. The Morgan fingerprint density at radius 2 is 1.61 bits per heavy atom. The normalized spacial score (nSPS) is 10.6. The van der Waals surface area contributed by atoms with Crippen molar-refractivity contribution in [2.45, 2.75) is 4.90 Å². The first-order chi connectivity index (χ1) is 8.40. The van der Waals surface area contributed by atoms with Gasteiger partial charge in [0.2, 0.25) is 0 Å². The van der Waals surface area contributed by atoms with Crippen molar-refractivity contribution < 1.29 is 27.5 Å². The smallest absolute Gasteiger partial charge is 0.420 e. The Balaban J connectivity index is 2.98. The van der Waals surface area contributed by atoms with E-state index in [2.05, 4.69) is 9.47 Å². The molecule has 1 rings (SSSR count). The molecule has 0 aliphatic carbocycles. The van der Waals surface area contributed by atoms with Gasteiger partial charge in [-0.05, 0) is 24.3 Å². The van der Waals surface area contributed by atoms with Gasteiger partial charge in [-0.3, -0.25) is 0 Å². The van der Waals surface area contributed by atoms with Crippen LogP contribution in [0.15, 0.2) is 29.2 Å². The number of nitrogens with one attached hydrogen (secondary N) is 1. The Morgan fingerprint density at radius 1 is 1.06 bits per heavy atom. The van der Waals surface area contributed by atoms with Crippen molar-refractivity contribution in [3.8, 4) is 0 Å². The lowest BCUT2D eigenvalue weighted by Crippen LogP contribution is -2.30. The number of rotatable bonds is 3. The minimum atomic E-state index is -4.00. The molecule has 0 radical (unpaired) electrons. The Bertz CT molecular complexity index is 548. The molecule has 0 aliphatic heterocycles. The number of hydrogen-bond donors (Lipinski definition) is 1. The molecule has 8 heteroatoms. The van der Waals surface area contributed by atoms with Crippen LogP contribution in [0.25, 0.3) is 0 Å². The van der Waals surface area contributed by atoms with Crippen molar-refractivity contribution in [1.82, 2.24) is 4.72 Å². The van der Waals surface area contributed by atoms with Gasteiger partial charge in [-0.15, -0.1) is 0 Å². The topological polar surface area (TPSA) is 98.8 Å². The summed E-state index contributed by atoms with van der Waals surface area (Å²) in [4.78, 5) is 21.8. The van der Waals surface area contributed by atoms with E-state index >= 15 is 0 Å². The van der Waals surface area contributed by atoms with Crippen LogP contribution in [0, 0.1) is 0 Å². The SMILES string of the molecule is COC(=O)NS(=O)(=O)c1ccc(C(=O)OC)cc1. The molecule has 1 amide bonds. The molecule has 0 heterocycles. The fraction of sp³-hybridized carbons (Fsp3) is 0.200. The predicted octanol–water partition coefficient (Wildman–Crippen LogP) is 0.518. The molecule has 0 unspecified atom stereocenters. The van der Waals surface area contributed by atoms with Gasteiger partial charge in [-0.2, -0.15) is 0 Å². The van der Waals surface area contributed by atoms with Gasteiger partial charge in [0.1, 0.15) is 0 Å². The van der Waals surface area contributed by atoms with E-state index in [4.69, 9.17) is 0 Å². The summed E-state index contributed by atoms with van der Waals surface area (Å²) < 4.78 is 33.6. The highest BCUT2D eigenvalue weighted by Crippen LogP contribution is 2.11. The fourth-order valence-corrected chi connectivity index (χ4v) is 2.01. The first kappa shape index (κ1) is 14.0. The molecule has 1 aromatic rings. The molecule has 18 heavy (non-hydrogen) atoms. The van der Waals surface area contributed by atoms with Crippen molar-refractivity contribution in [3.05, 3.63) is 29.8 Å². The predicted molar refractivity (Wildman–Crippen MR) is 60.5 cm³/mol. The monoisotopic (exact) mass is 273 g/mol. The molecule has 0 fully saturated rings. The van der Waals surface area contributed by atoms with Crippen LogP contribution >= 0.6 is 0 Å². The summed E-state index contributed by atoms with van der Waals surface area (Å²) in [6.07, 6.45) is -1.09. The second-order valence-electron chi connectivity index (χ2n) is 3.11. The Labute approximate surface area is 104 Å². The Morgan fingerprint density at radius 3 is 2.06 bits per heavy atom. The number of esters is 1. The van der Waals surface area contributed by atoms with Gasteiger partial charge in [-0.25, -0.2) is 22.7 Å². The molecule has 0 aromatic heterocycles. The summed E-state index contributed by atoms with van der Waals surface area (Å²) in [6, 6.07) is 4.91. The van der Waals surface area contributed by atoms with Gasteiger partial charge in [-0.1, -0.05) is 0 Å². The van der Waals surface area contributed by atoms with Crippen LogP contribution in [-0.4, -0.2) is 34.7 Å². The summed E-state index contributed by atoms with van der Waals surface area (Å²) in [5.74, 6) is -0.583. The number of benzene rings is 1. The lowest BCUT2D eigenvalue weighted by Gasteiger charge is -2.06. The zero-order chi connectivity index (χ0) is 13.8. The van der Waals surface area contributed by atoms with Gasteiger partial charge < -0.3 is 9.47 Å². The summed E-state index contributed by atoms with van der Waals surface area (Å²) in [5, 5.41) is 0. The molecule has 7 nitrogen and oxygen atoms in total. The molecule has 0 spiro atoms. The molecule has 0 aliphatic rings. The van der Waals surface area contributed by atoms with Crippen LogP contribution in [0.5, 0.6) is 0 Å². The molecule has 1 N–H and O–H groups in total. The van der Waals surface area contributed by atoms with Gasteiger partial charge in [0.05, 0.1) is 24.7 Å². The first-order valence-electron chi connectivity index (χ1n) is 4.70. The highest BCUT2D eigenvalue weighted by Gasteiger charge is 2.18. The molecular formula is C10H11NO6S. The second kappa shape index (κ2) is 5.50. The van der Waals surface area contributed by atoms with Crippen LogP contribution in [0.4, 0.5) is 4.79 Å². The highest BCUT2D eigenvalue weighted by atomic mass is 32.2. The van der Waals surface area contributed by atoms with Crippen molar-refractivity contribution >= 4 is 22.1 Å². The molecule has 0 bridgehead atoms. The molecule has 0 atom stereocenters. The van der Waals surface area contributed by atoms with E-state index in [-0.39, 0.29) is 10.5 Å². The lowest BCUT2D eigenvalue weighted by atomic mass is 10.2.